The Hall–Kier alpha value is -1.17. The van der Waals surface area contributed by atoms with E-state index >= 15 is 0 Å². The van der Waals surface area contributed by atoms with Crippen molar-refractivity contribution in [3.63, 3.8) is 0 Å². The minimum Gasteiger partial charge on any atom is -0.379 e. The molecule has 0 saturated carbocycles. The van der Waals surface area contributed by atoms with Gasteiger partial charge < -0.3 is 25.2 Å². The predicted octanol–water partition coefficient (Wildman–Crippen LogP) is 0.449. The number of hydrogen-bond donors (Lipinski definition) is 2. The van der Waals surface area contributed by atoms with Crippen LogP contribution in [-0.2, 0) is 11.3 Å². The Balaban J connectivity index is 0.00000280. The zero-order chi connectivity index (χ0) is 18.9. The second kappa shape index (κ2) is 12.4. The predicted molar refractivity (Wildman–Crippen MR) is 125 cm³/mol. The van der Waals surface area contributed by atoms with E-state index in [-0.39, 0.29) is 24.0 Å². The maximum absolute atomic E-state index is 5.38. The van der Waals surface area contributed by atoms with Gasteiger partial charge in [0, 0.05) is 72.1 Å². The first kappa shape index (κ1) is 23.1. The summed E-state index contributed by atoms with van der Waals surface area (Å²) in [6.07, 6.45) is 1.96. The van der Waals surface area contributed by atoms with E-state index in [1.807, 2.05) is 6.20 Å². The van der Waals surface area contributed by atoms with E-state index in [0.29, 0.717) is 6.54 Å². The molecule has 2 N–H and O–H groups in total. The van der Waals surface area contributed by atoms with Crippen molar-refractivity contribution in [1.29, 1.82) is 0 Å². The summed E-state index contributed by atoms with van der Waals surface area (Å²) in [5, 5.41) is 6.74. The number of halogens is 1. The highest BCUT2D eigenvalue weighted by atomic mass is 127. The number of nitrogens with zero attached hydrogens (tertiary/aromatic N) is 5. The molecule has 2 saturated heterocycles. The average Bonchev–Trinajstić information content (AvgIpc) is 2.72. The highest BCUT2D eigenvalue weighted by Crippen LogP contribution is 2.13. The summed E-state index contributed by atoms with van der Waals surface area (Å²) in [5.41, 5.74) is 1.16. The lowest BCUT2D eigenvalue weighted by Crippen LogP contribution is -2.44. The highest BCUT2D eigenvalue weighted by molar-refractivity contribution is 14.0. The Morgan fingerprint density at radius 3 is 2.50 bits per heavy atom. The maximum Gasteiger partial charge on any atom is 0.191 e. The van der Waals surface area contributed by atoms with E-state index < -0.39 is 0 Å². The normalized spacial score (nSPS) is 19.2. The molecule has 3 heterocycles. The molecular formula is C19H34IN7O. The quantitative estimate of drug-likeness (QED) is 0.332. The molecule has 8 nitrogen and oxygen atoms in total. The second-order valence-corrected chi connectivity index (χ2v) is 7.12. The van der Waals surface area contributed by atoms with Crippen molar-refractivity contribution in [2.24, 2.45) is 4.99 Å². The molecule has 2 aliphatic heterocycles. The van der Waals surface area contributed by atoms with Crippen LogP contribution in [0.2, 0.25) is 0 Å². The fourth-order valence-corrected chi connectivity index (χ4v) is 3.31. The fraction of sp³-hybridized carbons (Fsp3) is 0.684. The molecule has 1 aromatic heterocycles. The first-order valence-corrected chi connectivity index (χ1v) is 9.87. The first-order chi connectivity index (χ1) is 13.2. The van der Waals surface area contributed by atoms with Crippen LogP contribution in [-0.4, -0.2) is 100 Å². The van der Waals surface area contributed by atoms with Gasteiger partial charge in [0.2, 0.25) is 0 Å². The van der Waals surface area contributed by atoms with E-state index in [9.17, 15) is 0 Å². The molecule has 0 aromatic carbocycles. The maximum atomic E-state index is 5.38. The zero-order valence-corrected chi connectivity index (χ0v) is 19.4. The molecule has 28 heavy (non-hydrogen) atoms. The van der Waals surface area contributed by atoms with Crippen LogP contribution in [0.25, 0.3) is 0 Å². The first-order valence-electron chi connectivity index (χ1n) is 9.87. The molecule has 9 heteroatoms. The van der Waals surface area contributed by atoms with Gasteiger partial charge >= 0.3 is 0 Å². The van der Waals surface area contributed by atoms with Crippen LogP contribution >= 0.6 is 24.0 Å². The molecule has 3 rings (SSSR count). The van der Waals surface area contributed by atoms with Gasteiger partial charge in [-0.05, 0) is 18.7 Å². The largest absolute Gasteiger partial charge is 0.379 e. The number of ether oxygens (including phenoxy) is 1. The highest BCUT2D eigenvalue weighted by Gasteiger charge is 2.15. The Kier molecular flexibility index (Phi) is 10.2. The number of piperazine rings is 1. The van der Waals surface area contributed by atoms with Crippen molar-refractivity contribution in [3.05, 3.63) is 23.9 Å². The van der Waals surface area contributed by atoms with Crippen molar-refractivity contribution >= 4 is 35.8 Å². The summed E-state index contributed by atoms with van der Waals surface area (Å²) in [7, 11) is 3.97. The summed E-state index contributed by atoms with van der Waals surface area (Å²) in [4.78, 5) is 16.1. The SMILES string of the molecule is CN=C(NCCN1CCOCC1)NCc1ccc(N2CCN(C)CC2)nc1.I. The third kappa shape index (κ3) is 7.34. The number of rotatable bonds is 6. The molecule has 0 amide bonds. The third-order valence-corrected chi connectivity index (χ3v) is 5.14. The van der Waals surface area contributed by atoms with Gasteiger partial charge in [-0.1, -0.05) is 6.07 Å². The number of nitrogens with one attached hydrogen (secondary N) is 2. The van der Waals surface area contributed by atoms with Crippen LogP contribution in [0.15, 0.2) is 23.3 Å². The van der Waals surface area contributed by atoms with E-state index in [0.717, 1.165) is 82.9 Å². The summed E-state index contributed by atoms with van der Waals surface area (Å²) in [6.45, 7) is 10.6. The summed E-state index contributed by atoms with van der Waals surface area (Å²) < 4.78 is 5.38. The topological polar surface area (TPSA) is 68.3 Å². The number of anilines is 1. The molecule has 0 atom stereocenters. The van der Waals surface area contributed by atoms with Crippen LogP contribution < -0.4 is 15.5 Å². The van der Waals surface area contributed by atoms with Gasteiger partial charge in [-0.3, -0.25) is 9.89 Å². The van der Waals surface area contributed by atoms with Crippen LogP contribution in [0.5, 0.6) is 0 Å². The van der Waals surface area contributed by atoms with Crippen LogP contribution in [0, 0.1) is 0 Å². The lowest BCUT2D eigenvalue weighted by atomic mass is 10.2. The number of hydrogen-bond acceptors (Lipinski definition) is 6. The molecule has 0 radical (unpaired) electrons. The van der Waals surface area contributed by atoms with Gasteiger partial charge in [0.05, 0.1) is 13.2 Å². The van der Waals surface area contributed by atoms with Gasteiger partial charge in [-0.25, -0.2) is 4.98 Å². The molecular weight excluding hydrogens is 469 g/mol. The van der Waals surface area contributed by atoms with Gasteiger partial charge in [-0.2, -0.15) is 0 Å². The monoisotopic (exact) mass is 503 g/mol. The van der Waals surface area contributed by atoms with E-state index in [2.05, 4.69) is 54.5 Å². The second-order valence-electron chi connectivity index (χ2n) is 7.12. The molecule has 158 valence electrons. The lowest BCUT2D eigenvalue weighted by Gasteiger charge is -2.33. The average molecular weight is 503 g/mol. The molecule has 2 aliphatic rings. The van der Waals surface area contributed by atoms with Crippen molar-refractivity contribution < 1.29 is 4.74 Å². The number of likely N-dealkylation sites (N-methyl/N-ethyl adjacent to an activating group) is 1. The number of guanidine groups is 1. The number of morpholine rings is 1. The standard InChI is InChI=1S/C19H33N7O.HI/c1-20-19(21-5-6-25-11-13-27-14-12-25)23-16-17-3-4-18(22-15-17)26-9-7-24(2)8-10-26;/h3-4,15H,5-14,16H2,1-2H3,(H2,20,21,23);1H. The van der Waals surface area contributed by atoms with Gasteiger partial charge in [0.1, 0.15) is 5.82 Å². The van der Waals surface area contributed by atoms with Crippen molar-refractivity contribution in [1.82, 2.24) is 25.4 Å². The van der Waals surface area contributed by atoms with E-state index in [1.165, 1.54) is 0 Å². The van der Waals surface area contributed by atoms with Crippen LogP contribution in [0.4, 0.5) is 5.82 Å². The molecule has 0 unspecified atom stereocenters. The Morgan fingerprint density at radius 1 is 1.11 bits per heavy atom. The number of aliphatic imine (C=N–C) groups is 1. The molecule has 0 spiro atoms. The van der Waals surface area contributed by atoms with E-state index in [1.54, 1.807) is 7.05 Å². The number of pyridine rings is 1. The lowest BCUT2D eigenvalue weighted by molar-refractivity contribution is 0.0389. The molecule has 2 fully saturated rings. The van der Waals surface area contributed by atoms with Gasteiger partial charge in [0.15, 0.2) is 5.96 Å². The number of aromatic nitrogens is 1. The fourth-order valence-electron chi connectivity index (χ4n) is 3.31. The molecule has 0 bridgehead atoms. The van der Waals surface area contributed by atoms with Crippen LogP contribution in [0.1, 0.15) is 5.56 Å². The van der Waals surface area contributed by atoms with Gasteiger partial charge in [-0.15, -0.1) is 24.0 Å². The Bertz CT molecular complexity index is 584. The minimum absolute atomic E-state index is 0. The summed E-state index contributed by atoms with van der Waals surface area (Å²) >= 11 is 0. The van der Waals surface area contributed by atoms with Crippen LogP contribution in [0.3, 0.4) is 0 Å². The van der Waals surface area contributed by atoms with Crippen molar-refractivity contribution in [3.8, 4) is 0 Å². The van der Waals surface area contributed by atoms with Gasteiger partial charge in [0.25, 0.3) is 0 Å². The summed E-state index contributed by atoms with van der Waals surface area (Å²) in [6, 6.07) is 4.27. The summed E-state index contributed by atoms with van der Waals surface area (Å²) in [5.74, 6) is 1.89. The molecule has 1 aromatic rings. The Morgan fingerprint density at radius 2 is 1.86 bits per heavy atom. The molecule has 0 aliphatic carbocycles. The van der Waals surface area contributed by atoms with Crippen molar-refractivity contribution in [2.75, 3.05) is 84.6 Å². The van der Waals surface area contributed by atoms with Crippen molar-refractivity contribution in [2.45, 2.75) is 6.54 Å². The zero-order valence-electron chi connectivity index (χ0n) is 17.1. The third-order valence-electron chi connectivity index (χ3n) is 5.14. The smallest absolute Gasteiger partial charge is 0.191 e. The Labute approximate surface area is 185 Å². The minimum atomic E-state index is 0. The van der Waals surface area contributed by atoms with E-state index in [4.69, 9.17) is 4.74 Å².